The standard InChI is InChI=1S/C17H30N2O8/c1-24-15(20)13-14(17(21)25-2)18(9-10-19(22)23)8-4-6-12-27-16-7-3-5-11-26-16/h14,16H,3-13H2,1-2H3/t14-,16?/m0/s1. The van der Waals surface area contributed by atoms with E-state index >= 15 is 0 Å². The highest BCUT2D eigenvalue weighted by Crippen LogP contribution is 2.14. The van der Waals surface area contributed by atoms with Crippen molar-refractivity contribution in [3.63, 3.8) is 0 Å². The maximum atomic E-state index is 12.1. The lowest BCUT2D eigenvalue weighted by Gasteiger charge is -2.28. The normalized spacial score (nSPS) is 18.1. The molecule has 0 radical (unpaired) electrons. The second kappa shape index (κ2) is 13.4. The Hall–Kier alpha value is -1.78. The number of hydrogen-bond donors (Lipinski definition) is 0. The predicted molar refractivity (Wildman–Crippen MR) is 94.6 cm³/mol. The number of ether oxygens (including phenoxy) is 4. The van der Waals surface area contributed by atoms with Crippen LogP contribution < -0.4 is 0 Å². The lowest BCUT2D eigenvalue weighted by Crippen LogP contribution is -2.46. The Labute approximate surface area is 159 Å². The maximum Gasteiger partial charge on any atom is 0.323 e. The molecule has 0 amide bonds. The highest BCUT2D eigenvalue weighted by Gasteiger charge is 2.30. The SMILES string of the molecule is COC(=O)C[C@@H](C(=O)OC)N(CCCCOC1CCCCO1)CC[N+](=O)[O-]. The van der Waals surface area contributed by atoms with Gasteiger partial charge in [0, 0.05) is 18.1 Å². The van der Waals surface area contributed by atoms with E-state index in [9.17, 15) is 19.7 Å². The lowest BCUT2D eigenvalue weighted by molar-refractivity contribution is -0.480. The first-order valence-corrected chi connectivity index (χ1v) is 9.21. The summed E-state index contributed by atoms with van der Waals surface area (Å²) in [4.78, 5) is 35.6. The molecular weight excluding hydrogens is 360 g/mol. The summed E-state index contributed by atoms with van der Waals surface area (Å²) in [6.45, 7) is 1.33. The van der Waals surface area contributed by atoms with E-state index in [0.717, 1.165) is 19.3 Å². The molecule has 10 nitrogen and oxygen atoms in total. The molecule has 0 aromatic heterocycles. The van der Waals surface area contributed by atoms with Crippen LogP contribution in [0.5, 0.6) is 0 Å². The Kier molecular flexibility index (Phi) is 11.5. The third-order valence-corrected chi connectivity index (χ3v) is 4.35. The molecule has 1 saturated heterocycles. The van der Waals surface area contributed by atoms with Gasteiger partial charge in [-0.3, -0.25) is 24.6 Å². The fraction of sp³-hybridized carbons (Fsp3) is 0.882. The third-order valence-electron chi connectivity index (χ3n) is 4.35. The van der Waals surface area contributed by atoms with Crippen molar-refractivity contribution in [2.24, 2.45) is 0 Å². The van der Waals surface area contributed by atoms with E-state index in [1.165, 1.54) is 14.2 Å². The molecule has 10 heteroatoms. The van der Waals surface area contributed by atoms with Gasteiger partial charge in [0.15, 0.2) is 6.29 Å². The average Bonchev–Trinajstić information content (AvgIpc) is 2.68. The summed E-state index contributed by atoms with van der Waals surface area (Å²) in [5.74, 6) is -1.19. The topological polar surface area (TPSA) is 117 Å². The molecule has 0 aliphatic carbocycles. The zero-order chi connectivity index (χ0) is 20.1. The number of methoxy groups -OCH3 is 2. The van der Waals surface area contributed by atoms with Crippen molar-refractivity contribution in [3.8, 4) is 0 Å². The molecule has 0 bridgehead atoms. The van der Waals surface area contributed by atoms with Crippen molar-refractivity contribution in [1.82, 2.24) is 4.90 Å². The molecule has 27 heavy (non-hydrogen) atoms. The van der Waals surface area contributed by atoms with Crippen molar-refractivity contribution in [1.29, 1.82) is 0 Å². The number of rotatable bonds is 13. The van der Waals surface area contributed by atoms with E-state index < -0.39 is 22.9 Å². The van der Waals surface area contributed by atoms with Gasteiger partial charge in [-0.15, -0.1) is 0 Å². The van der Waals surface area contributed by atoms with Gasteiger partial charge in [-0.2, -0.15) is 0 Å². The second-order valence-electron chi connectivity index (χ2n) is 6.29. The molecule has 0 spiro atoms. The van der Waals surface area contributed by atoms with Crippen LogP contribution in [0.3, 0.4) is 0 Å². The van der Waals surface area contributed by atoms with E-state index in [1.54, 1.807) is 4.90 Å². The smallest absolute Gasteiger partial charge is 0.323 e. The highest BCUT2D eigenvalue weighted by molar-refractivity contribution is 5.82. The largest absolute Gasteiger partial charge is 0.469 e. The van der Waals surface area contributed by atoms with Crippen LogP contribution in [0, 0.1) is 10.1 Å². The molecule has 1 fully saturated rings. The van der Waals surface area contributed by atoms with Crippen LogP contribution in [0.4, 0.5) is 0 Å². The van der Waals surface area contributed by atoms with Gasteiger partial charge in [0.2, 0.25) is 6.54 Å². The molecule has 1 rings (SSSR count). The Morgan fingerprint density at radius 2 is 2.00 bits per heavy atom. The molecule has 0 aromatic rings. The van der Waals surface area contributed by atoms with E-state index in [2.05, 4.69) is 4.74 Å². The van der Waals surface area contributed by atoms with Crippen LogP contribution in [0.1, 0.15) is 38.5 Å². The van der Waals surface area contributed by atoms with E-state index in [1.807, 2.05) is 0 Å². The summed E-state index contributed by atoms with van der Waals surface area (Å²) in [6.07, 6.45) is 4.02. The predicted octanol–water partition coefficient (Wildman–Crippen LogP) is 0.993. The number of nitro groups is 1. The fourth-order valence-corrected chi connectivity index (χ4v) is 2.85. The first kappa shape index (κ1) is 23.3. The summed E-state index contributed by atoms with van der Waals surface area (Å²) >= 11 is 0. The van der Waals surface area contributed by atoms with Crippen molar-refractivity contribution in [2.45, 2.75) is 50.9 Å². The Morgan fingerprint density at radius 1 is 1.22 bits per heavy atom. The second-order valence-corrected chi connectivity index (χ2v) is 6.29. The molecule has 1 aliphatic rings. The van der Waals surface area contributed by atoms with Crippen LogP contribution in [0.25, 0.3) is 0 Å². The molecule has 0 aromatic carbocycles. The molecule has 1 aliphatic heterocycles. The van der Waals surface area contributed by atoms with Crippen LogP contribution in [0.15, 0.2) is 0 Å². The summed E-state index contributed by atoms with van der Waals surface area (Å²) in [6, 6.07) is -0.912. The minimum atomic E-state index is -0.912. The lowest BCUT2D eigenvalue weighted by atomic mass is 10.1. The van der Waals surface area contributed by atoms with Gasteiger partial charge >= 0.3 is 11.9 Å². The maximum absolute atomic E-state index is 12.1. The monoisotopic (exact) mass is 390 g/mol. The molecule has 2 atom stereocenters. The molecule has 156 valence electrons. The van der Waals surface area contributed by atoms with Gasteiger partial charge in [-0.1, -0.05) is 0 Å². The Bertz CT molecular complexity index is 468. The van der Waals surface area contributed by atoms with Gasteiger partial charge < -0.3 is 18.9 Å². The first-order chi connectivity index (χ1) is 13.0. The zero-order valence-corrected chi connectivity index (χ0v) is 16.1. The third kappa shape index (κ3) is 9.64. The number of hydrogen-bond acceptors (Lipinski definition) is 9. The van der Waals surface area contributed by atoms with E-state index in [-0.39, 0.29) is 25.8 Å². The van der Waals surface area contributed by atoms with Crippen molar-refractivity contribution >= 4 is 11.9 Å². The van der Waals surface area contributed by atoms with E-state index in [4.69, 9.17) is 14.2 Å². The van der Waals surface area contributed by atoms with Gasteiger partial charge in [-0.05, 0) is 38.6 Å². The van der Waals surface area contributed by atoms with Crippen LogP contribution >= 0.6 is 0 Å². The highest BCUT2D eigenvalue weighted by atomic mass is 16.7. The van der Waals surface area contributed by atoms with Gasteiger partial charge in [0.1, 0.15) is 6.04 Å². The summed E-state index contributed by atoms with van der Waals surface area (Å²) < 4.78 is 20.5. The average molecular weight is 390 g/mol. The summed E-state index contributed by atoms with van der Waals surface area (Å²) in [7, 11) is 2.44. The molecular formula is C17H30N2O8. The van der Waals surface area contributed by atoms with Crippen LogP contribution in [0.2, 0.25) is 0 Å². The summed E-state index contributed by atoms with van der Waals surface area (Å²) in [5.41, 5.74) is 0. The number of nitrogens with zero attached hydrogens (tertiary/aromatic N) is 2. The van der Waals surface area contributed by atoms with Gasteiger partial charge in [0.25, 0.3) is 0 Å². The Morgan fingerprint density at radius 3 is 2.59 bits per heavy atom. The van der Waals surface area contributed by atoms with Gasteiger partial charge in [-0.25, -0.2) is 0 Å². The number of unbranched alkanes of at least 4 members (excludes halogenated alkanes) is 1. The van der Waals surface area contributed by atoms with Crippen molar-refractivity contribution < 1.29 is 33.5 Å². The minimum Gasteiger partial charge on any atom is -0.469 e. The van der Waals surface area contributed by atoms with Gasteiger partial charge in [0.05, 0.1) is 27.2 Å². The number of esters is 2. The summed E-state index contributed by atoms with van der Waals surface area (Å²) in [5, 5.41) is 10.7. The molecule has 0 saturated carbocycles. The zero-order valence-electron chi connectivity index (χ0n) is 16.1. The van der Waals surface area contributed by atoms with Crippen molar-refractivity contribution in [2.75, 3.05) is 47.1 Å². The van der Waals surface area contributed by atoms with E-state index in [0.29, 0.717) is 32.6 Å². The fourth-order valence-electron chi connectivity index (χ4n) is 2.85. The molecule has 1 unspecified atom stereocenters. The van der Waals surface area contributed by atoms with Crippen LogP contribution in [-0.4, -0.2) is 81.2 Å². The first-order valence-electron chi connectivity index (χ1n) is 9.21. The quantitative estimate of drug-likeness (QED) is 0.196. The minimum absolute atomic E-state index is 0.0380. The Balaban J connectivity index is 2.52. The van der Waals surface area contributed by atoms with Crippen molar-refractivity contribution in [3.05, 3.63) is 10.1 Å². The molecule has 0 N–H and O–H groups in total. The number of carbonyl (C=O) groups excluding carboxylic acids is 2. The van der Waals surface area contributed by atoms with Crippen LogP contribution in [-0.2, 0) is 28.5 Å². The number of carbonyl (C=O) groups is 2. The molecule has 1 heterocycles.